The van der Waals surface area contributed by atoms with Crippen molar-refractivity contribution in [3.8, 4) is 5.75 Å². The molecule has 0 radical (unpaired) electrons. The molecule has 1 fully saturated rings. The monoisotopic (exact) mass is 236 g/mol. The predicted molar refractivity (Wildman–Crippen MR) is 67.8 cm³/mol. The van der Waals surface area contributed by atoms with E-state index in [0.29, 0.717) is 17.2 Å². The van der Waals surface area contributed by atoms with Crippen LogP contribution in [0.15, 0.2) is 18.2 Å². The molecule has 0 aliphatic heterocycles. The van der Waals surface area contributed by atoms with Crippen molar-refractivity contribution in [1.82, 2.24) is 0 Å². The number of rotatable bonds is 3. The average Bonchev–Trinajstić information content (AvgIpc) is 2.33. The Hall–Kier alpha value is -1.05. The van der Waals surface area contributed by atoms with Gasteiger partial charge in [-0.25, -0.2) is 4.39 Å². The van der Waals surface area contributed by atoms with E-state index in [2.05, 4.69) is 6.92 Å². The number of benzene rings is 1. The first-order chi connectivity index (χ1) is 8.15. The summed E-state index contributed by atoms with van der Waals surface area (Å²) in [5.41, 5.74) is 0.670. The summed E-state index contributed by atoms with van der Waals surface area (Å²) in [7, 11) is 0. The van der Waals surface area contributed by atoms with Crippen LogP contribution in [0.1, 0.15) is 38.2 Å². The molecule has 1 aromatic carbocycles. The molecule has 0 spiro atoms. The lowest BCUT2D eigenvalue weighted by molar-refractivity contribution is 0.187. The average molecular weight is 236 g/mol. The number of ether oxygens (including phenoxy) is 1. The zero-order valence-corrected chi connectivity index (χ0v) is 10.7. The van der Waals surface area contributed by atoms with Gasteiger partial charge in [0.05, 0.1) is 6.61 Å². The van der Waals surface area contributed by atoms with Gasteiger partial charge in [-0.1, -0.05) is 25.8 Å². The lowest BCUT2D eigenvalue weighted by atomic mass is 9.83. The van der Waals surface area contributed by atoms with Gasteiger partial charge in [0.2, 0.25) is 0 Å². The quantitative estimate of drug-likeness (QED) is 0.758. The molecule has 1 saturated carbocycles. The van der Waals surface area contributed by atoms with Crippen molar-refractivity contribution in [1.29, 1.82) is 0 Å². The van der Waals surface area contributed by atoms with E-state index in [4.69, 9.17) is 4.74 Å². The van der Waals surface area contributed by atoms with Gasteiger partial charge >= 0.3 is 0 Å². The minimum Gasteiger partial charge on any atom is -0.493 e. The molecule has 94 valence electrons. The van der Waals surface area contributed by atoms with E-state index in [0.717, 1.165) is 12.5 Å². The van der Waals surface area contributed by atoms with Crippen LogP contribution in [-0.2, 0) is 0 Å². The van der Waals surface area contributed by atoms with Gasteiger partial charge in [0.25, 0.3) is 0 Å². The number of hydrogen-bond acceptors (Lipinski definition) is 1. The molecule has 2 heteroatoms. The second kappa shape index (κ2) is 5.52. The maximum atomic E-state index is 13.3. The third-order valence-corrected chi connectivity index (χ3v) is 3.76. The minimum absolute atomic E-state index is 0.181. The molecule has 2 rings (SSSR count). The number of aryl methyl sites for hydroxylation is 1. The highest BCUT2D eigenvalue weighted by molar-refractivity contribution is 5.27. The first-order valence-electron chi connectivity index (χ1n) is 6.54. The lowest BCUT2D eigenvalue weighted by Gasteiger charge is -2.26. The van der Waals surface area contributed by atoms with Crippen LogP contribution in [0.25, 0.3) is 0 Å². The van der Waals surface area contributed by atoms with Crippen molar-refractivity contribution >= 4 is 0 Å². The van der Waals surface area contributed by atoms with E-state index >= 15 is 0 Å². The highest BCUT2D eigenvalue weighted by atomic mass is 19.1. The third-order valence-electron chi connectivity index (χ3n) is 3.76. The fourth-order valence-electron chi connectivity index (χ4n) is 2.37. The molecule has 1 nitrogen and oxygen atoms in total. The Bertz CT molecular complexity index is 367. The van der Waals surface area contributed by atoms with Gasteiger partial charge in [-0.15, -0.1) is 0 Å². The van der Waals surface area contributed by atoms with Gasteiger partial charge in [0.15, 0.2) is 0 Å². The Labute approximate surface area is 103 Å². The van der Waals surface area contributed by atoms with Gasteiger partial charge in [-0.05, 0) is 43.2 Å². The first kappa shape index (κ1) is 12.4. The summed E-state index contributed by atoms with van der Waals surface area (Å²) >= 11 is 0. The van der Waals surface area contributed by atoms with Gasteiger partial charge < -0.3 is 4.74 Å². The standard InChI is InChI=1S/C15H21FO/c1-11-3-6-13(7-4-11)10-17-14-8-5-12(2)15(16)9-14/h5,8-9,11,13H,3-4,6-7,10H2,1-2H3. The summed E-state index contributed by atoms with van der Waals surface area (Å²) < 4.78 is 19.0. The number of halogens is 1. The maximum Gasteiger partial charge on any atom is 0.129 e. The Balaban J connectivity index is 1.83. The van der Waals surface area contributed by atoms with Crippen LogP contribution >= 0.6 is 0 Å². The molecule has 0 bridgehead atoms. The molecular weight excluding hydrogens is 215 g/mol. The summed E-state index contributed by atoms with van der Waals surface area (Å²) in [5.74, 6) is 1.99. The van der Waals surface area contributed by atoms with Gasteiger partial charge in [0.1, 0.15) is 11.6 Å². The molecule has 0 atom stereocenters. The second-order valence-corrected chi connectivity index (χ2v) is 5.35. The molecule has 0 N–H and O–H groups in total. The summed E-state index contributed by atoms with van der Waals surface area (Å²) in [6, 6.07) is 5.11. The van der Waals surface area contributed by atoms with Crippen LogP contribution in [0.2, 0.25) is 0 Å². The molecule has 1 aliphatic carbocycles. The molecule has 1 aliphatic rings. The summed E-state index contributed by atoms with van der Waals surface area (Å²) in [6.45, 7) is 4.81. The van der Waals surface area contributed by atoms with E-state index in [1.54, 1.807) is 13.0 Å². The Morgan fingerprint density at radius 3 is 2.59 bits per heavy atom. The smallest absolute Gasteiger partial charge is 0.129 e. The van der Waals surface area contributed by atoms with Gasteiger partial charge in [-0.2, -0.15) is 0 Å². The molecule has 0 heterocycles. The van der Waals surface area contributed by atoms with Crippen LogP contribution in [0.4, 0.5) is 4.39 Å². The van der Waals surface area contributed by atoms with Crippen molar-refractivity contribution in [3.63, 3.8) is 0 Å². The molecule has 17 heavy (non-hydrogen) atoms. The minimum atomic E-state index is -0.181. The van der Waals surface area contributed by atoms with Gasteiger partial charge in [-0.3, -0.25) is 0 Å². The molecule has 0 saturated heterocycles. The highest BCUT2D eigenvalue weighted by Gasteiger charge is 2.18. The number of hydrogen-bond donors (Lipinski definition) is 0. The van der Waals surface area contributed by atoms with E-state index in [9.17, 15) is 4.39 Å². The van der Waals surface area contributed by atoms with Crippen LogP contribution in [0.3, 0.4) is 0 Å². The highest BCUT2D eigenvalue weighted by Crippen LogP contribution is 2.29. The van der Waals surface area contributed by atoms with Crippen LogP contribution in [-0.4, -0.2) is 6.61 Å². The predicted octanol–water partition coefficient (Wildman–Crippen LogP) is 4.34. The van der Waals surface area contributed by atoms with E-state index in [1.165, 1.54) is 31.7 Å². The van der Waals surface area contributed by atoms with E-state index in [1.807, 2.05) is 6.07 Å². The molecule has 0 unspecified atom stereocenters. The first-order valence-corrected chi connectivity index (χ1v) is 6.54. The fourth-order valence-corrected chi connectivity index (χ4v) is 2.37. The Kier molecular flexibility index (Phi) is 4.03. The summed E-state index contributed by atoms with van der Waals surface area (Å²) in [5, 5.41) is 0. The normalized spacial score (nSPS) is 24.6. The summed E-state index contributed by atoms with van der Waals surface area (Å²) in [4.78, 5) is 0. The zero-order chi connectivity index (χ0) is 12.3. The molecule has 1 aromatic rings. The van der Waals surface area contributed by atoms with Crippen LogP contribution in [0, 0.1) is 24.6 Å². The largest absolute Gasteiger partial charge is 0.493 e. The van der Waals surface area contributed by atoms with Crippen LogP contribution < -0.4 is 4.74 Å². The molecule has 0 amide bonds. The van der Waals surface area contributed by atoms with Crippen molar-refractivity contribution in [2.45, 2.75) is 39.5 Å². The Morgan fingerprint density at radius 1 is 1.24 bits per heavy atom. The fraction of sp³-hybridized carbons (Fsp3) is 0.600. The van der Waals surface area contributed by atoms with E-state index < -0.39 is 0 Å². The lowest BCUT2D eigenvalue weighted by Crippen LogP contribution is -2.18. The van der Waals surface area contributed by atoms with Gasteiger partial charge in [0, 0.05) is 6.07 Å². The molecule has 0 aromatic heterocycles. The van der Waals surface area contributed by atoms with Crippen molar-refractivity contribution in [3.05, 3.63) is 29.6 Å². The van der Waals surface area contributed by atoms with Crippen molar-refractivity contribution in [2.24, 2.45) is 11.8 Å². The van der Waals surface area contributed by atoms with Crippen molar-refractivity contribution < 1.29 is 9.13 Å². The SMILES string of the molecule is Cc1ccc(OCC2CCC(C)CC2)cc1F. The molecular formula is C15H21FO. The summed E-state index contributed by atoms with van der Waals surface area (Å²) in [6.07, 6.45) is 5.09. The topological polar surface area (TPSA) is 9.23 Å². The zero-order valence-electron chi connectivity index (χ0n) is 10.7. The Morgan fingerprint density at radius 2 is 1.94 bits per heavy atom. The maximum absolute atomic E-state index is 13.3. The van der Waals surface area contributed by atoms with Crippen molar-refractivity contribution in [2.75, 3.05) is 6.61 Å². The van der Waals surface area contributed by atoms with E-state index in [-0.39, 0.29) is 5.82 Å². The second-order valence-electron chi connectivity index (χ2n) is 5.35. The van der Waals surface area contributed by atoms with Crippen LogP contribution in [0.5, 0.6) is 5.75 Å². The third kappa shape index (κ3) is 3.45.